The first-order chi connectivity index (χ1) is 12.6. The highest BCUT2D eigenvalue weighted by atomic mass is 16.2. The summed E-state index contributed by atoms with van der Waals surface area (Å²) in [4.78, 5) is 45.3. The molecule has 1 spiro atoms. The van der Waals surface area contributed by atoms with Crippen molar-refractivity contribution in [3.05, 3.63) is 30.1 Å². The number of carbonyl (C=O) groups excluding carboxylic acids is 3. The van der Waals surface area contributed by atoms with Crippen LogP contribution >= 0.6 is 0 Å². The van der Waals surface area contributed by atoms with Crippen LogP contribution in [0.15, 0.2) is 24.5 Å². The molecule has 0 aromatic carbocycles. The van der Waals surface area contributed by atoms with Gasteiger partial charge in [0.25, 0.3) is 11.8 Å². The molecule has 26 heavy (non-hydrogen) atoms. The van der Waals surface area contributed by atoms with Gasteiger partial charge in [-0.1, -0.05) is 25.7 Å². The third kappa shape index (κ3) is 2.85. The molecule has 3 aliphatic rings. The van der Waals surface area contributed by atoms with Crippen LogP contribution in [0.4, 0.5) is 4.79 Å². The second-order valence-corrected chi connectivity index (χ2v) is 7.53. The van der Waals surface area contributed by atoms with Gasteiger partial charge in [-0.05, 0) is 31.4 Å². The van der Waals surface area contributed by atoms with Crippen LogP contribution in [-0.2, 0) is 4.79 Å². The summed E-state index contributed by atoms with van der Waals surface area (Å²) in [7, 11) is 0. The Kier molecular flexibility index (Phi) is 4.38. The van der Waals surface area contributed by atoms with Gasteiger partial charge in [-0.2, -0.15) is 0 Å². The van der Waals surface area contributed by atoms with Crippen LogP contribution < -0.4 is 5.32 Å². The minimum absolute atomic E-state index is 0.0777. The number of carbonyl (C=O) groups is 3. The van der Waals surface area contributed by atoms with E-state index in [0.29, 0.717) is 25.1 Å². The zero-order valence-corrected chi connectivity index (χ0v) is 14.8. The van der Waals surface area contributed by atoms with E-state index >= 15 is 0 Å². The number of amides is 4. The molecule has 1 atom stereocenters. The van der Waals surface area contributed by atoms with E-state index in [4.69, 9.17) is 0 Å². The Hall–Kier alpha value is -2.44. The van der Waals surface area contributed by atoms with Gasteiger partial charge in [0.1, 0.15) is 5.54 Å². The topological polar surface area (TPSA) is 82.6 Å². The highest BCUT2D eigenvalue weighted by molar-refractivity contribution is 6.07. The molecule has 2 saturated heterocycles. The zero-order chi connectivity index (χ0) is 18.1. The molecule has 1 saturated carbocycles. The number of likely N-dealkylation sites (tertiary alicyclic amines) is 1. The second-order valence-electron chi connectivity index (χ2n) is 7.53. The normalized spacial score (nSPS) is 25.5. The van der Waals surface area contributed by atoms with E-state index in [9.17, 15) is 14.4 Å². The quantitative estimate of drug-likeness (QED) is 0.821. The number of hydrogen-bond acceptors (Lipinski definition) is 4. The van der Waals surface area contributed by atoms with Gasteiger partial charge < -0.3 is 10.2 Å². The summed E-state index contributed by atoms with van der Waals surface area (Å²) in [5, 5.41) is 2.99. The molecular weight excluding hydrogens is 332 g/mol. The fourth-order valence-electron chi connectivity index (χ4n) is 4.46. The number of hydrogen-bond donors (Lipinski definition) is 1. The first-order valence-electron chi connectivity index (χ1n) is 9.46. The Morgan fingerprint density at radius 1 is 1.12 bits per heavy atom. The summed E-state index contributed by atoms with van der Waals surface area (Å²) in [6, 6.07) is 2.84. The van der Waals surface area contributed by atoms with Crippen molar-refractivity contribution in [3.8, 4) is 0 Å². The molecule has 1 N–H and O–H groups in total. The van der Waals surface area contributed by atoms with Crippen LogP contribution in [0.3, 0.4) is 0 Å². The predicted molar refractivity (Wildman–Crippen MR) is 94.4 cm³/mol. The summed E-state index contributed by atoms with van der Waals surface area (Å²) in [5.74, 6) is -0.168. The lowest BCUT2D eigenvalue weighted by Crippen LogP contribution is -2.48. The van der Waals surface area contributed by atoms with Gasteiger partial charge in [-0.3, -0.25) is 19.5 Å². The van der Waals surface area contributed by atoms with Crippen molar-refractivity contribution in [2.45, 2.75) is 56.5 Å². The summed E-state index contributed by atoms with van der Waals surface area (Å²) in [6.07, 6.45) is 9.43. The van der Waals surface area contributed by atoms with Crippen molar-refractivity contribution >= 4 is 17.8 Å². The van der Waals surface area contributed by atoms with E-state index in [1.807, 2.05) is 0 Å². The van der Waals surface area contributed by atoms with Crippen molar-refractivity contribution in [1.29, 1.82) is 0 Å². The fraction of sp³-hybridized carbons (Fsp3) is 0.579. The molecule has 138 valence electrons. The Labute approximate surface area is 152 Å². The number of aromatic nitrogens is 1. The first-order valence-corrected chi connectivity index (χ1v) is 9.46. The number of nitrogens with zero attached hydrogens (tertiary/aromatic N) is 3. The summed E-state index contributed by atoms with van der Waals surface area (Å²) >= 11 is 0. The smallest absolute Gasteiger partial charge is 0.325 e. The molecule has 1 unspecified atom stereocenters. The van der Waals surface area contributed by atoms with Crippen LogP contribution in [0.2, 0.25) is 0 Å². The van der Waals surface area contributed by atoms with Gasteiger partial charge in [-0.15, -0.1) is 0 Å². The van der Waals surface area contributed by atoms with Gasteiger partial charge >= 0.3 is 6.03 Å². The number of urea groups is 1. The third-order valence-electron chi connectivity index (χ3n) is 5.89. The molecule has 2 aliphatic heterocycles. The summed E-state index contributed by atoms with van der Waals surface area (Å²) in [5.41, 5.74) is -0.131. The van der Waals surface area contributed by atoms with E-state index in [-0.39, 0.29) is 23.9 Å². The van der Waals surface area contributed by atoms with Gasteiger partial charge in [0.2, 0.25) is 0 Å². The lowest BCUT2D eigenvalue weighted by Gasteiger charge is -2.26. The molecule has 1 aromatic heterocycles. The van der Waals surface area contributed by atoms with Crippen molar-refractivity contribution in [1.82, 2.24) is 20.1 Å². The van der Waals surface area contributed by atoms with Gasteiger partial charge in [0.05, 0.1) is 6.04 Å². The number of imide groups is 1. The average Bonchev–Trinajstić information content (AvgIpc) is 3.12. The molecule has 4 amide bonds. The standard InChI is InChI=1S/C19H24N4O3/c24-16(14-5-10-20-11-6-14)22-12-7-15(13-22)23-17(25)19(21-18(23)26)8-3-1-2-4-9-19/h5-6,10-11,15H,1-4,7-9,12-13H2,(H,21,26). The lowest BCUT2D eigenvalue weighted by molar-refractivity contribution is -0.133. The van der Waals surface area contributed by atoms with E-state index in [1.165, 1.54) is 4.90 Å². The SMILES string of the molecule is O=C(c1ccncc1)N1CCC(N2C(=O)NC3(CCCCCC3)C2=O)C1. The number of rotatable bonds is 2. The molecule has 3 heterocycles. The van der Waals surface area contributed by atoms with Gasteiger partial charge in [0, 0.05) is 31.0 Å². The Balaban J connectivity index is 1.47. The van der Waals surface area contributed by atoms with Crippen LogP contribution in [0.1, 0.15) is 55.3 Å². The summed E-state index contributed by atoms with van der Waals surface area (Å²) in [6.45, 7) is 0.951. The van der Waals surface area contributed by atoms with Gasteiger partial charge in [-0.25, -0.2) is 4.79 Å². The molecule has 3 fully saturated rings. The minimum Gasteiger partial charge on any atom is -0.336 e. The molecular formula is C19H24N4O3. The monoisotopic (exact) mass is 356 g/mol. The minimum atomic E-state index is -0.712. The van der Waals surface area contributed by atoms with Crippen LogP contribution in [0.25, 0.3) is 0 Å². The molecule has 0 bridgehead atoms. The molecule has 0 radical (unpaired) electrons. The largest absolute Gasteiger partial charge is 0.336 e. The molecule has 7 heteroatoms. The van der Waals surface area contributed by atoms with E-state index in [2.05, 4.69) is 10.3 Å². The second kappa shape index (κ2) is 6.70. The Morgan fingerprint density at radius 3 is 2.50 bits per heavy atom. The Morgan fingerprint density at radius 2 is 1.81 bits per heavy atom. The van der Waals surface area contributed by atoms with E-state index < -0.39 is 5.54 Å². The van der Waals surface area contributed by atoms with E-state index in [1.54, 1.807) is 29.4 Å². The maximum atomic E-state index is 13.1. The van der Waals surface area contributed by atoms with Crippen LogP contribution in [-0.4, -0.2) is 57.3 Å². The number of pyridine rings is 1. The first kappa shape index (κ1) is 17.0. The van der Waals surface area contributed by atoms with Gasteiger partial charge in [0.15, 0.2) is 0 Å². The molecule has 1 aromatic rings. The third-order valence-corrected chi connectivity index (χ3v) is 5.89. The van der Waals surface area contributed by atoms with Crippen molar-refractivity contribution < 1.29 is 14.4 Å². The van der Waals surface area contributed by atoms with Crippen molar-refractivity contribution in [2.75, 3.05) is 13.1 Å². The highest BCUT2D eigenvalue weighted by Gasteiger charge is 2.53. The molecule has 7 nitrogen and oxygen atoms in total. The zero-order valence-electron chi connectivity index (χ0n) is 14.8. The summed E-state index contributed by atoms with van der Waals surface area (Å²) < 4.78 is 0. The van der Waals surface area contributed by atoms with Crippen LogP contribution in [0.5, 0.6) is 0 Å². The maximum Gasteiger partial charge on any atom is 0.325 e. The predicted octanol–water partition coefficient (Wildman–Crippen LogP) is 1.94. The van der Waals surface area contributed by atoms with Crippen molar-refractivity contribution in [2.24, 2.45) is 0 Å². The molecule has 1 aliphatic carbocycles. The average molecular weight is 356 g/mol. The molecule has 4 rings (SSSR count). The fourth-order valence-corrected chi connectivity index (χ4v) is 4.46. The van der Waals surface area contributed by atoms with Crippen molar-refractivity contribution in [3.63, 3.8) is 0 Å². The van der Waals surface area contributed by atoms with E-state index in [0.717, 1.165) is 38.5 Å². The Bertz CT molecular complexity index is 713. The van der Waals surface area contributed by atoms with Crippen LogP contribution in [0, 0.1) is 0 Å². The maximum absolute atomic E-state index is 13.1. The lowest BCUT2D eigenvalue weighted by atomic mass is 9.90. The highest BCUT2D eigenvalue weighted by Crippen LogP contribution is 2.34. The number of nitrogens with one attached hydrogen (secondary N) is 1.